The molecule has 1 saturated heterocycles. The van der Waals surface area contributed by atoms with Gasteiger partial charge in [0, 0.05) is 29.8 Å². The van der Waals surface area contributed by atoms with Crippen LogP contribution in [0.1, 0.15) is 44.0 Å². The first-order valence-electron chi connectivity index (χ1n) is 7.66. The number of likely N-dealkylation sites (tertiary alicyclic amines) is 1. The minimum absolute atomic E-state index is 0.0567. The topological polar surface area (TPSA) is 69.6 Å². The quantitative estimate of drug-likeness (QED) is 0.880. The van der Waals surface area contributed by atoms with Crippen LogP contribution in [0.3, 0.4) is 0 Å². The van der Waals surface area contributed by atoms with Crippen molar-refractivity contribution >= 4 is 17.5 Å². The van der Waals surface area contributed by atoms with Gasteiger partial charge in [-0.2, -0.15) is 0 Å². The summed E-state index contributed by atoms with van der Waals surface area (Å²) in [6, 6.07) is 7.00. The molecule has 120 valence electrons. The highest BCUT2D eigenvalue weighted by atomic mass is 16.3. The Labute approximate surface area is 131 Å². The van der Waals surface area contributed by atoms with Crippen LogP contribution in [0, 0.1) is 5.41 Å². The fourth-order valence-electron chi connectivity index (χ4n) is 2.30. The lowest BCUT2D eigenvalue weighted by atomic mass is 9.95. The van der Waals surface area contributed by atoms with Crippen molar-refractivity contribution in [3.8, 4) is 0 Å². The van der Waals surface area contributed by atoms with Crippen molar-refractivity contribution < 1.29 is 14.7 Å². The van der Waals surface area contributed by atoms with E-state index in [1.165, 1.54) is 0 Å². The largest absolute Gasteiger partial charge is 0.393 e. The Hall–Kier alpha value is -1.88. The minimum Gasteiger partial charge on any atom is -0.393 e. The van der Waals surface area contributed by atoms with Crippen molar-refractivity contribution in [3.05, 3.63) is 29.8 Å². The second-order valence-corrected chi connectivity index (χ2v) is 6.81. The Bertz CT molecular complexity index is 555. The number of amides is 2. The minimum atomic E-state index is -0.483. The van der Waals surface area contributed by atoms with Crippen LogP contribution >= 0.6 is 0 Å². The highest BCUT2D eigenvalue weighted by Crippen LogP contribution is 2.20. The Morgan fingerprint density at radius 1 is 1.23 bits per heavy atom. The summed E-state index contributed by atoms with van der Waals surface area (Å²) in [6.07, 6.45) is 0.930. The highest BCUT2D eigenvalue weighted by molar-refractivity contribution is 5.98. The third-order valence-electron chi connectivity index (χ3n) is 3.80. The normalized spacial score (nSPS) is 16.5. The van der Waals surface area contributed by atoms with E-state index in [1.54, 1.807) is 29.2 Å². The zero-order chi connectivity index (χ0) is 16.3. The molecule has 1 aromatic carbocycles. The van der Waals surface area contributed by atoms with Gasteiger partial charge in [-0.3, -0.25) is 9.59 Å². The maximum absolute atomic E-state index is 12.5. The van der Waals surface area contributed by atoms with Gasteiger partial charge in [-0.25, -0.2) is 0 Å². The number of nitrogens with one attached hydrogen (secondary N) is 1. The molecule has 1 aliphatic rings. The lowest BCUT2D eigenvalue weighted by molar-refractivity contribution is -0.123. The van der Waals surface area contributed by atoms with Crippen LogP contribution in [-0.4, -0.2) is 41.0 Å². The zero-order valence-corrected chi connectivity index (χ0v) is 13.4. The molecule has 2 amide bonds. The van der Waals surface area contributed by atoms with Crippen LogP contribution in [0.4, 0.5) is 5.69 Å². The van der Waals surface area contributed by atoms with Gasteiger partial charge in [-0.05, 0) is 31.0 Å². The molecule has 0 spiro atoms. The maximum Gasteiger partial charge on any atom is 0.253 e. The number of piperidine rings is 1. The van der Waals surface area contributed by atoms with Crippen molar-refractivity contribution in [2.24, 2.45) is 5.41 Å². The van der Waals surface area contributed by atoms with Crippen molar-refractivity contribution in [3.63, 3.8) is 0 Å². The average Bonchev–Trinajstić information content (AvgIpc) is 2.46. The first-order chi connectivity index (χ1) is 10.3. The fraction of sp³-hybridized carbons (Fsp3) is 0.529. The number of hydrogen-bond acceptors (Lipinski definition) is 3. The van der Waals surface area contributed by atoms with Gasteiger partial charge in [0.2, 0.25) is 5.91 Å². The number of aliphatic hydroxyl groups is 1. The van der Waals surface area contributed by atoms with Crippen molar-refractivity contribution in [2.75, 3.05) is 18.4 Å². The predicted molar refractivity (Wildman–Crippen MR) is 85.7 cm³/mol. The summed E-state index contributed by atoms with van der Waals surface area (Å²) in [5.41, 5.74) is 0.703. The number of carbonyl (C=O) groups excluding carboxylic acids is 2. The number of rotatable bonds is 2. The molecule has 1 aliphatic heterocycles. The van der Waals surface area contributed by atoms with Gasteiger partial charge >= 0.3 is 0 Å². The van der Waals surface area contributed by atoms with E-state index in [1.807, 2.05) is 20.8 Å². The molecule has 5 nitrogen and oxygen atoms in total. The Morgan fingerprint density at radius 2 is 1.86 bits per heavy atom. The molecule has 0 aromatic heterocycles. The predicted octanol–water partition coefficient (Wildman–Crippen LogP) is 2.27. The lowest BCUT2D eigenvalue weighted by Gasteiger charge is -2.29. The van der Waals surface area contributed by atoms with Gasteiger partial charge in [-0.1, -0.05) is 26.8 Å². The third-order valence-corrected chi connectivity index (χ3v) is 3.80. The molecule has 22 heavy (non-hydrogen) atoms. The van der Waals surface area contributed by atoms with Gasteiger partial charge in [0.25, 0.3) is 5.91 Å². The SMILES string of the molecule is CC(C)(C)C(=O)Nc1cccc(C(=O)N2CCC(O)CC2)c1. The molecule has 0 unspecified atom stereocenters. The van der Waals surface area contributed by atoms with Gasteiger partial charge < -0.3 is 15.3 Å². The lowest BCUT2D eigenvalue weighted by Crippen LogP contribution is -2.40. The molecule has 1 fully saturated rings. The van der Waals surface area contributed by atoms with Crippen LogP contribution in [-0.2, 0) is 4.79 Å². The molecule has 0 radical (unpaired) electrons. The zero-order valence-electron chi connectivity index (χ0n) is 13.4. The molecule has 2 N–H and O–H groups in total. The number of carbonyl (C=O) groups is 2. The molecule has 0 atom stereocenters. The van der Waals surface area contributed by atoms with Crippen LogP contribution in [0.2, 0.25) is 0 Å². The van der Waals surface area contributed by atoms with E-state index in [0.29, 0.717) is 37.2 Å². The van der Waals surface area contributed by atoms with Gasteiger partial charge in [0.05, 0.1) is 6.10 Å². The summed E-state index contributed by atoms with van der Waals surface area (Å²) in [5.74, 6) is -0.142. The van der Waals surface area contributed by atoms with E-state index in [4.69, 9.17) is 0 Å². The molecule has 0 aliphatic carbocycles. The molecular formula is C17H24N2O3. The summed E-state index contributed by atoms with van der Waals surface area (Å²) >= 11 is 0. The molecule has 0 bridgehead atoms. The number of benzene rings is 1. The van der Waals surface area contributed by atoms with Crippen LogP contribution in [0.5, 0.6) is 0 Å². The monoisotopic (exact) mass is 304 g/mol. The van der Waals surface area contributed by atoms with Gasteiger partial charge in [-0.15, -0.1) is 0 Å². The number of nitrogens with zero attached hydrogens (tertiary/aromatic N) is 1. The molecule has 1 heterocycles. The average molecular weight is 304 g/mol. The standard InChI is InChI=1S/C17H24N2O3/c1-17(2,3)16(22)18-13-6-4-5-12(11-13)15(21)19-9-7-14(20)8-10-19/h4-6,11,14,20H,7-10H2,1-3H3,(H,18,22). The first kappa shape index (κ1) is 16.5. The molecule has 0 saturated carbocycles. The van der Waals surface area contributed by atoms with Crippen molar-refractivity contribution in [2.45, 2.75) is 39.7 Å². The van der Waals surface area contributed by atoms with E-state index in [2.05, 4.69) is 5.32 Å². The summed E-state index contributed by atoms with van der Waals surface area (Å²) in [6.45, 7) is 6.67. The fourth-order valence-corrected chi connectivity index (χ4v) is 2.30. The van der Waals surface area contributed by atoms with E-state index >= 15 is 0 Å². The summed E-state index contributed by atoms with van der Waals surface area (Å²) in [5, 5.41) is 12.4. The van der Waals surface area contributed by atoms with Crippen molar-refractivity contribution in [1.82, 2.24) is 4.90 Å². The van der Waals surface area contributed by atoms with Crippen LogP contribution < -0.4 is 5.32 Å². The first-order valence-corrected chi connectivity index (χ1v) is 7.66. The number of anilines is 1. The van der Waals surface area contributed by atoms with Crippen LogP contribution in [0.25, 0.3) is 0 Å². The van der Waals surface area contributed by atoms with Crippen LogP contribution in [0.15, 0.2) is 24.3 Å². The molecule has 5 heteroatoms. The summed E-state index contributed by atoms with van der Waals surface area (Å²) in [7, 11) is 0. The number of hydrogen-bond donors (Lipinski definition) is 2. The highest BCUT2D eigenvalue weighted by Gasteiger charge is 2.24. The molecular weight excluding hydrogens is 280 g/mol. The van der Waals surface area contributed by atoms with E-state index in [9.17, 15) is 14.7 Å². The van der Waals surface area contributed by atoms with Gasteiger partial charge in [0.15, 0.2) is 0 Å². The maximum atomic E-state index is 12.5. The smallest absolute Gasteiger partial charge is 0.253 e. The summed E-state index contributed by atoms with van der Waals surface area (Å²) in [4.78, 5) is 26.2. The van der Waals surface area contributed by atoms with E-state index in [0.717, 1.165) is 0 Å². The van der Waals surface area contributed by atoms with E-state index in [-0.39, 0.29) is 17.9 Å². The summed E-state index contributed by atoms with van der Waals surface area (Å²) < 4.78 is 0. The van der Waals surface area contributed by atoms with E-state index < -0.39 is 5.41 Å². The third kappa shape index (κ3) is 4.07. The molecule has 2 rings (SSSR count). The second kappa shape index (κ2) is 6.48. The Kier molecular flexibility index (Phi) is 4.86. The Balaban J connectivity index is 2.08. The second-order valence-electron chi connectivity index (χ2n) is 6.81. The van der Waals surface area contributed by atoms with Crippen molar-refractivity contribution in [1.29, 1.82) is 0 Å². The number of aliphatic hydroxyl groups excluding tert-OH is 1. The Morgan fingerprint density at radius 3 is 2.45 bits per heavy atom. The van der Waals surface area contributed by atoms with Gasteiger partial charge in [0.1, 0.15) is 0 Å². The molecule has 1 aromatic rings.